The Hall–Kier alpha value is -1.82. The van der Waals surface area contributed by atoms with Gasteiger partial charge in [0.05, 0.1) is 11.7 Å². The van der Waals surface area contributed by atoms with Crippen LogP contribution >= 0.6 is 11.3 Å². The molecule has 0 fully saturated rings. The first-order valence-electron chi connectivity index (χ1n) is 6.98. The Bertz CT molecular complexity index is 571. The fourth-order valence-corrected chi connectivity index (χ4v) is 3.10. The summed E-state index contributed by atoms with van der Waals surface area (Å²) in [7, 11) is 0. The van der Waals surface area contributed by atoms with Crippen LogP contribution in [0.25, 0.3) is 0 Å². The number of carbonyl (C=O) groups is 1. The van der Waals surface area contributed by atoms with Gasteiger partial charge in [-0.3, -0.25) is 0 Å². The summed E-state index contributed by atoms with van der Waals surface area (Å²) in [5.74, 6) is 1.07. The van der Waals surface area contributed by atoms with Crippen LogP contribution in [0.4, 0.5) is 4.79 Å². The highest BCUT2D eigenvalue weighted by Crippen LogP contribution is 2.25. The van der Waals surface area contributed by atoms with Crippen molar-refractivity contribution in [2.45, 2.75) is 40.3 Å². The molecule has 2 rings (SSSR count). The second-order valence-corrected chi connectivity index (χ2v) is 6.35. The predicted octanol–water partition coefficient (Wildman–Crippen LogP) is 3.55. The van der Waals surface area contributed by atoms with E-state index >= 15 is 0 Å². The summed E-state index contributed by atoms with van der Waals surface area (Å²) in [5, 5.41) is 11.8. The number of carbonyl (C=O) groups excluding carboxylic acids is 1. The van der Waals surface area contributed by atoms with Crippen LogP contribution in [-0.4, -0.2) is 11.2 Å². The van der Waals surface area contributed by atoms with Gasteiger partial charge in [0.2, 0.25) is 0 Å². The van der Waals surface area contributed by atoms with Gasteiger partial charge in [0.15, 0.2) is 0 Å². The first-order chi connectivity index (χ1) is 9.99. The van der Waals surface area contributed by atoms with E-state index in [4.69, 9.17) is 4.52 Å². The van der Waals surface area contributed by atoms with Gasteiger partial charge in [-0.15, -0.1) is 11.3 Å². The zero-order valence-electron chi connectivity index (χ0n) is 12.8. The monoisotopic (exact) mass is 307 g/mol. The van der Waals surface area contributed by atoms with E-state index in [9.17, 15) is 4.79 Å². The van der Waals surface area contributed by atoms with Crippen molar-refractivity contribution in [3.63, 3.8) is 0 Å². The van der Waals surface area contributed by atoms with Gasteiger partial charge in [-0.05, 0) is 31.2 Å². The Morgan fingerprint density at radius 1 is 1.43 bits per heavy atom. The molecule has 0 unspecified atom stereocenters. The minimum atomic E-state index is -0.179. The highest BCUT2D eigenvalue weighted by atomic mass is 32.1. The molecule has 114 valence electrons. The standard InChI is InChI=1S/C15H21N3O2S/c1-9(2)14(13-6-5-7-21-13)17-15(19)16-8-12-10(3)18-20-11(12)4/h5-7,9,14H,8H2,1-4H3,(H2,16,17,19)/t14-/m1/s1. The molecule has 5 nitrogen and oxygen atoms in total. The second kappa shape index (κ2) is 6.76. The number of amides is 2. The third-order valence-corrected chi connectivity index (χ3v) is 4.37. The molecule has 2 aromatic heterocycles. The van der Waals surface area contributed by atoms with Gasteiger partial charge >= 0.3 is 6.03 Å². The van der Waals surface area contributed by atoms with Crippen LogP contribution in [0.1, 0.15) is 41.8 Å². The van der Waals surface area contributed by atoms with E-state index in [1.165, 1.54) is 0 Å². The predicted molar refractivity (Wildman–Crippen MR) is 83.2 cm³/mol. The number of hydrogen-bond donors (Lipinski definition) is 2. The molecule has 0 aromatic carbocycles. The Morgan fingerprint density at radius 2 is 2.19 bits per heavy atom. The summed E-state index contributed by atoms with van der Waals surface area (Å²) in [6.45, 7) is 8.33. The lowest BCUT2D eigenvalue weighted by atomic mass is 10.0. The summed E-state index contributed by atoms with van der Waals surface area (Å²) in [6.07, 6.45) is 0. The number of aromatic nitrogens is 1. The Balaban J connectivity index is 1.94. The zero-order chi connectivity index (χ0) is 15.4. The summed E-state index contributed by atoms with van der Waals surface area (Å²) < 4.78 is 5.09. The average molecular weight is 307 g/mol. The lowest BCUT2D eigenvalue weighted by Crippen LogP contribution is -2.39. The topological polar surface area (TPSA) is 67.2 Å². The average Bonchev–Trinajstić information content (AvgIpc) is 3.05. The maximum Gasteiger partial charge on any atom is 0.315 e. The van der Waals surface area contributed by atoms with Gasteiger partial charge in [0, 0.05) is 17.0 Å². The van der Waals surface area contributed by atoms with Gasteiger partial charge < -0.3 is 15.2 Å². The summed E-state index contributed by atoms with van der Waals surface area (Å²) in [6, 6.07) is 3.89. The number of thiophene rings is 1. The Labute approximate surface area is 128 Å². The van der Waals surface area contributed by atoms with E-state index in [0.717, 1.165) is 21.9 Å². The van der Waals surface area contributed by atoms with E-state index < -0.39 is 0 Å². The van der Waals surface area contributed by atoms with Gasteiger partial charge in [-0.1, -0.05) is 25.1 Å². The molecule has 0 spiro atoms. The quantitative estimate of drug-likeness (QED) is 0.887. The third-order valence-electron chi connectivity index (χ3n) is 3.41. The molecule has 0 saturated heterocycles. The van der Waals surface area contributed by atoms with Crippen LogP contribution in [0.5, 0.6) is 0 Å². The zero-order valence-corrected chi connectivity index (χ0v) is 13.6. The fraction of sp³-hybridized carbons (Fsp3) is 0.467. The molecule has 6 heteroatoms. The number of nitrogens with one attached hydrogen (secondary N) is 2. The molecule has 0 aliphatic heterocycles. The fourth-order valence-electron chi connectivity index (χ4n) is 2.15. The largest absolute Gasteiger partial charge is 0.361 e. The molecule has 0 saturated carbocycles. The highest BCUT2D eigenvalue weighted by molar-refractivity contribution is 7.10. The normalized spacial score (nSPS) is 12.4. The van der Waals surface area contributed by atoms with E-state index in [2.05, 4.69) is 29.6 Å². The van der Waals surface area contributed by atoms with Crippen molar-refractivity contribution < 1.29 is 9.32 Å². The number of nitrogens with zero attached hydrogens (tertiary/aromatic N) is 1. The second-order valence-electron chi connectivity index (χ2n) is 5.37. The van der Waals surface area contributed by atoms with Crippen LogP contribution in [0.2, 0.25) is 0 Å². The van der Waals surface area contributed by atoms with Gasteiger partial charge in [0.1, 0.15) is 5.76 Å². The minimum absolute atomic E-state index is 0.0228. The lowest BCUT2D eigenvalue weighted by molar-refractivity contribution is 0.233. The SMILES string of the molecule is Cc1noc(C)c1CNC(=O)N[C@@H](c1cccs1)C(C)C. The summed E-state index contributed by atoms with van der Waals surface area (Å²) in [5.41, 5.74) is 1.74. The molecule has 0 bridgehead atoms. The van der Waals surface area contributed by atoms with Gasteiger partial charge in [0.25, 0.3) is 0 Å². The van der Waals surface area contributed by atoms with Crippen LogP contribution in [0.15, 0.2) is 22.0 Å². The number of aryl methyl sites for hydroxylation is 2. The van der Waals surface area contributed by atoms with Crippen molar-refractivity contribution in [2.75, 3.05) is 0 Å². The molecule has 2 aromatic rings. The molecular formula is C15H21N3O2S. The maximum absolute atomic E-state index is 12.1. The minimum Gasteiger partial charge on any atom is -0.361 e. The van der Waals surface area contributed by atoms with Crippen molar-refractivity contribution in [3.8, 4) is 0 Å². The maximum atomic E-state index is 12.1. The third kappa shape index (κ3) is 3.85. The van der Waals surface area contributed by atoms with Gasteiger partial charge in [-0.2, -0.15) is 0 Å². The number of rotatable bonds is 5. The molecule has 0 aliphatic rings. The smallest absolute Gasteiger partial charge is 0.315 e. The molecule has 2 N–H and O–H groups in total. The molecule has 2 amide bonds. The lowest BCUT2D eigenvalue weighted by Gasteiger charge is -2.21. The van der Waals surface area contributed by atoms with Crippen LogP contribution < -0.4 is 10.6 Å². The van der Waals surface area contributed by atoms with Crippen LogP contribution in [0, 0.1) is 19.8 Å². The van der Waals surface area contributed by atoms with Crippen LogP contribution in [-0.2, 0) is 6.54 Å². The summed E-state index contributed by atoms with van der Waals surface area (Å²) in [4.78, 5) is 13.3. The van der Waals surface area contributed by atoms with E-state index in [1.807, 2.05) is 31.4 Å². The molecular weight excluding hydrogens is 286 g/mol. The summed E-state index contributed by atoms with van der Waals surface area (Å²) >= 11 is 1.65. The highest BCUT2D eigenvalue weighted by Gasteiger charge is 2.19. The van der Waals surface area contributed by atoms with Gasteiger partial charge in [-0.25, -0.2) is 4.79 Å². The molecule has 0 aliphatic carbocycles. The number of urea groups is 1. The first kappa shape index (κ1) is 15.6. The van der Waals surface area contributed by atoms with E-state index in [1.54, 1.807) is 11.3 Å². The van der Waals surface area contributed by atoms with Crippen molar-refractivity contribution >= 4 is 17.4 Å². The number of hydrogen-bond acceptors (Lipinski definition) is 4. The van der Waals surface area contributed by atoms with Crippen molar-refractivity contribution in [3.05, 3.63) is 39.4 Å². The molecule has 2 heterocycles. The van der Waals surface area contributed by atoms with E-state index in [-0.39, 0.29) is 12.1 Å². The van der Waals surface area contributed by atoms with Crippen molar-refractivity contribution in [2.24, 2.45) is 5.92 Å². The van der Waals surface area contributed by atoms with Crippen molar-refractivity contribution in [1.82, 2.24) is 15.8 Å². The Kier molecular flexibility index (Phi) is 5.01. The van der Waals surface area contributed by atoms with Crippen LogP contribution in [0.3, 0.4) is 0 Å². The van der Waals surface area contributed by atoms with E-state index in [0.29, 0.717) is 12.5 Å². The molecule has 21 heavy (non-hydrogen) atoms. The molecule has 0 radical (unpaired) electrons. The molecule has 1 atom stereocenters. The Morgan fingerprint density at radius 3 is 2.71 bits per heavy atom. The first-order valence-corrected chi connectivity index (χ1v) is 7.86. The van der Waals surface area contributed by atoms with Crippen molar-refractivity contribution in [1.29, 1.82) is 0 Å².